The van der Waals surface area contributed by atoms with Gasteiger partial charge in [0.25, 0.3) is 5.19 Å². The predicted molar refractivity (Wildman–Crippen MR) is 82.5 cm³/mol. The molecule has 0 atom stereocenters. The highest BCUT2D eigenvalue weighted by molar-refractivity contribution is 7.11. The van der Waals surface area contributed by atoms with Crippen LogP contribution >= 0.6 is 11.3 Å². The third kappa shape index (κ3) is 3.82. The van der Waals surface area contributed by atoms with Crippen LogP contribution in [-0.4, -0.2) is 35.0 Å². The number of aromatic nitrogens is 1. The van der Waals surface area contributed by atoms with Gasteiger partial charge < -0.3 is 9.64 Å². The van der Waals surface area contributed by atoms with Crippen molar-refractivity contribution in [1.29, 1.82) is 0 Å². The Morgan fingerprint density at radius 3 is 2.86 bits per heavy atom. The van der Waals surface area contributed by atoms with Crippen molar-refractivity contribution in [1.82, 2.24) is 9.88 Å². The number of amides is 1. The smallest absolute Gasteiger partial charge is 0.273 e. The fourth-order valence-corrected chi connectivity index (χ4v) is 2.93. The van der Waals surface area contributed by atoms with Gasteiger partial charge in [0.05, 0.1) is 13.1 Å². The average Bonchev–Trinajstić information content (AvgIpc) is 2.96. The highest BCUT2D eigenvalue weighted by atomic mass is 32.1. The second-order valence-corrected chi connectivity index (χ2v) is 6.03. The molecule has 0 saturated carbocycles. The van der Waals surface area contributed by atoms with E-state index < -0.39 is 0 Å². The molecule has 4 nitrogen and oxygen atoms in total. The van der Waals surface area contributed by atoms with E-state index in [2.05, 4.69) is 17.1 Å². The highest BCUT2D eigenvalue weighted by Crippen LogP contribution is 2.20. The van der Waals surface area contributed by atoms with E-state index in [1.54, 1.807) is 6.20 Å². The van der Waals surface area contributed by atoms with Gasteiger partial charge in [-0.05, 0) is 18.4 Å². The fourth-order valence-electron chi connectivity index (χ4n) is 2.37. The first-order chi connectivity index (χ1) is 10.3. The zero-order valence-electron chi connectivity index (χ0n) is 11.8. The van der Waals surface area contributed by atoms with Gasteiger partial charge in [0, 0.05) is 18.0 Å². The van der Waals surface area contributed by atoms with Crippen LogP contribution in [0.3, 0.4) is 0 Å². The maximum absolute atomic E-state index is 12.0. The first-order valence-electron chi connectivity index (χ1n) is 7.19. The molecule has 1 aliphatic rings. The fraction of sp³-hybridized carbons (Fsp3) is 0.375. The first-order valence-corrected chi connectivity index (χ1v) is 8.07. The Morgan fingerprint density at radius 2 is 2.14 bits per heavy atom. The SMILES string of the molecule is O=C(CCCc1ccccc1)N1CC(Oc2nccs2)C1. The summed E-state index contributed by atoms with van der Waals surface area (Å²) in [6, 6.07) is 10.3. The molecule has 0 radical (unpaired) electrons. The third-order valence-corrected chi connectivity index (χ3v) is 4.24. The normalized spacial score (nSPS) is 14.8. The van der Waals surface area contributed by atoms with Crippen LogP contribution in [0.25, 0.3) is 0 Å². The molecule has 0 unspecified atom stereocenters. The van der Waals surface area contributed by atoms with E-state index >= 15 is 0 Å². The molecule has 3 rings (SSSR count). The minimum absolute atomic E-state index is 0.106. The minimum atomic E-state index is 0.106. The van der Waals surface area contributed by atoms with Crippen LogP contribution in [0, 0.1) is 0 Å². The summed E-state index contributed by atoms with van der Waals surface area (Å²) in [4.78, 5) is 18.0. The van der Waals surface area contributed by atoms with Crippen LogP contribution in [-0.2, 0) is 11.2 Å². The third-order valence-electron chi connectivity index (χ3n) is 3.58. The van der Waals surface area contributed by atoms with Gasteiger partial charge in [-0.1, -0.05) is 41.7 Å². The molecule has 0 bridgehead atoms. The molecule has 5 heteroatoms. The van der Waals surface area contributed by atoms with Gasteiger partial charge in [0.15, 0.2) is 0 Å². The summed E-state index contributed by atoms with van der Waals surface area (Å²) in [5.74, 6) is 0.227. The van der Waals surface area contributed by atoms with Gasteiger partial charge >= 0.3 is 0 Å². The molecule has 110 valence electrons. The van der Waals surface area contributed by atoms with E-state index in [9.17, 15) is 4.79 Å². The Kier molecular flexibility index (Phi) is 4.50. The number of carbonyl (C=O) groups is 1. The lowest BCUT2D eigenvalue weighted by Gasteiger charge is -2.38. The van der Waals surface area contributed by atoms with Gasteiger partial charge in [0.1, 0.15) is 6.10 Å². The molecule has 1 aromatic heterocycles. The van der Waals surface area contributed by atoms with Gasteiger partial charge in [-0.15, -0.1) is 0 Å². The van der Waals surface area contributed by atoms with Crippen molar-refractivity contribution in [3.8, 4) is 5.19 Å². The van der Waals surface area contributed by atoms with Gasteiger partial charge in [0.2, 0.25) is 5.91 Å². The summed E-state index contributed by atoms with van der Waals surface area (Å²) in [7, 11) is 0. The second-order valence-electron chi connectivity index (χ2n) is 5.18. The number of hydrogen-bond acceptors (Lipinski definition) is 4. The first kappa shape index (κ1) is 14.1. The average molecular weight is 302 g/mol. The lowest BCUT2D eigenvalue weighted by Crippen LogP contribution is -2.56. The summed E-state index contributed by atoms with van der Waals surface area (Å²) in [6.07, 6.45) is 4.30. The second kappa shape index (κ2) is 6.72. The topological polar surface area (TPSA) is 42.4 Å². The zero-order chi connectivity index (χ0) is 14.5. The van der Waals surface area contributed by atoms with Crippen LogP contribution in [0.2, 0.25) is 0 Å². The van der Waals surface area contributed by atoms with Gasteiger partial charge in [-0.2, -0.15) is 0 Å². The quantitative estimate of drug-likeness (QED) is 0.824. The van der Waals surface area contributed by atoms with E-state index in [1.807, 2.05) is 28.5 Å². The van der Waals surface area contributed by atoms with Crippen molar-refractivity contribution in [2.45, 2.75) is 25.4 Å². The van der Waals surface area contributed by atoms with E-state index in [0.29, 0.717) is 24.7 Å². The van der Waals surface area contributed by atoms with E-state index in [-0.39, 0.29) is 12.0 Å². The predicted octanol–water partition coefficient (Wildman–Crippen LogP) is 2.76. The lowest BCUT2D eigenvalue weighted by atomic mass is 10.1. The van der Waals surface area contributed by atoms with Gasteiger partial charge in [-0.3, -0.25) is 4.79 Å². The Morgan fingerprint density at radius 1 is 1.33 bits per heavy atom. The number of carbonyl (C=O) groups excluding carboxylic acids is 1. The molecule has 21 heavy (non-hydrogen) atoms. The molecule has 2 heterocycles. The Balaban J connectivity index is 1.34. The van der Waals surface area contributed by atoms with E-state index in [4.69, 9.17) is 4.74 Å². The monoisotopic (exact) mass is 302 g/mol. The van der Waals surface area contributed by atoms with Gasteiger partial charge in [-0.25, -0.2) is 4.98 Å². The Hall–Kier alpha value is -1.88. The van der Waals surface area contributed by atoms with Crippen molar-refractivity contribution in [3.05, 3.63) is 47.5 Å². The number of aryl methyl sites for hydroxylation is 1. The van der Waals surface area contributed by atoms with Crippen LogP contribution < -0.4 is 4.74 Å². The number of nitrogens with zero attached hydrogens (tertiary/aromatic N) is 2. The van der Waals surface area contributed by atoms with Crippen molar-refractivity contribution >= 4 is 17.2 Å². The van der Waals surface area contributed by atoms with E-state index in [1.165, 1.54) is 16.9 Å². The molecule has 1 saturated heterocycles. The molecular formula is C16H18N2O2S. The van der Waals surface area contributed by atoms with Crippen LogP contribution in [0.1, 0.15) is 18.4 Å². The molecule has 1 fully saturated rings. The van der Waals surface area contributed by atoms with E-state index in [0.717, 1.165) is 12.8 Å². The lowest BCUT2D eigenvalue weighted by molar-refractivity contribution is -0.140. The summed E-state index contributed by atoms with van der Waals surface area (Å²) < 4.78 is 5.66. The maximum Gasteiger partial charge on any atom is 0.273 e. The highest BCUT2D eigenvalue weighted by Gasteiger charge is 2.32. The van der Waals surface area contributed by atoms with Crippen molar-refractivity contribution < 1.29 is 9.53 Å². The molecule has 1 amide bonds. The number of hydrogen-bond donors (Lipinski definition) is 0. The van der Waals surface area contributed by atoms with Crippen molar-refractivity contribution in [2.75, 3.05) is 13.1 Å². The minimum Gasteiger partial charge on any atom is -0.463 e. The zero-order valence-corrected chi connectivity index (χ0v) is 12.6. The number of rotatable bonds is 6. The summed E-state index contributed by atoms with van der Waals surface area (Å²) in [5, 5.41) is 2.58. The molecule has 0 aliphatic carbocycles. The number of benzene rings is 1. The Bertz CT molecular complexity index is 565. The van der Waals surface area contributed by atoms with Crippen molar-refractivity contribution in [2.24, 2.45) is 0 Å². The molecule has 1 aliphatic heterocycles. The summed E-state index contributed by atoms with van der Waals surface area (Å²) >= 11 is 1.48. The molecule has 0 N–H and O–H groups in total. The number of ether oxygens (including phenoxy) is 1. The van der Waals surface area contributed by atoms with Crippen LogP contribution in [0.5, 0.6) is 5.19 Å². The number of likely N-dealkylation sites (tertiary alicyclic amines) is 1. The molecule has 1 aromatic carbocycles. The maximum atomic E-state index is 12.0. The molecular weight excluding hydrogens is 284 g/mol. The van der Waals surface area contributed by atoms with Crippen LogP contribution in [0.15, 0.2) is 41.9 Å². The Labute approximate surface area is 128 Å². The molecule has 2 aromatic rings. The number of thiazole rings is 1. The summed E-state index contributed by atoms with van der Waals surface area (Å²) in [5.41, 5.74) is 1.29. The van der Waals surface area contributed by atoms with Crippen molar-refractivity contribution in [3.63, 3.8) is 0 Å². The summed E-state index contributed by atoms with van der Waals surface area (Å²) in [6.45, 7) is 1.37. The molecule has 0 spiro atoms. The largest absolute Gasteiger partial charge is 0.463 e. The standard InChI is InChI=1S/C16H18N2O2S/c19-15(8-4-7-13-5-2-1-3-6-13)18-11-14(12-18)20-16-17-9-10-21-16/h1-3,5-6,9-10,14H,4,7-8,11-12H2. The van der Waals surface area contributed by atoms with Crippen LogP contribution in [0.4, 0.5) is 0 Å².